The van der Waals surface area contributed by atoms with Crippen molar-refractivity contribution in [3.63, 3.8) is 0 Å². The number of rotatable bonds is 6. The predicted molar refractivity (Wildman–Crippen MR) is 75.5 cm³/mol. The van der Waals surface area contributed by atoms with E-state index in [9.17, 15) is 0 Å². The van der Waals surface area contributed by atoms with Gasteiger partial charge in [-0.25, -0.2) is 0 Å². The van der Waals surface area contributed by atoms with E-state index in [1.54, 1.807) is 7.11 Å². The van der Waals surface area contributed by atoms with E-state index in [1.165, 1.54) is 4.90 Å². The lowest BCUT2D eigenvalue weighted by atomic mass is 10.0. The minimum absolute atomic E-state index is 0.502. The number of hydrogen-bond acceptors (Lipinski definition) is 4. The van der Waals surface area contributed by atoms with Gasteiger partial charge in [-0.1, -0.05) is 12.1 Å². The van der Waals surface area contributed by atoms with Crippen LogP contribution in [0.4, 0.5) is 0 Å². The van der Waals surface area contributed by atoms with Crippen LogP contribution in [0.25, 0.3) is 0 Å². The first-order valence-corrected chi connectivity index (χ1v) is 7.34. The van der Waals surface area contributed by atoms with Crippen LogP contribution in [0.5, 0.6) is 5.75 Å². The quantitative estimate of drug-likeness (QED) is 0.802. The highest BCUT2D eigenvalue weighted by atomic mass is 32.2. The van der Waals surface area contributed by atoms with Crippen LogP contribution in [0.2, 0.25) is 0 Å². The van der Waals surface area contributed by atoms with Gasteiger partial charge in [-0.3, -0.25) is 0 Å². The van der Waals surface area contributed by atoms with Gasteiger partial charge in [0.05, 0.1) is 13.7 Å². The van der Waals surface area contributed by atoms with Crippen LogP contribution in [-0.2, 0) is 4.74 Å². The lowest BCUT2D eigenvalue weighted by molar-refractivity contribution is 0.180. The van der Waals surface area contributed by atoms with E-state index >= 15 is 0 Å². The average Bonchev–Trinajstić information content (AvgIpc) is 2.94. The maximum atomic E-state index is 5.46. The maximum absolute atomic E-state index is 5.46. The van der Waals surface area contributed by atoms with Crippen molar-refractivity contribution in [1.82, 2.24) is 5.32 Å². The minimum atomic E-state index is 0.502. The Balaban J connectivity index is 1.92. The van der Waals surface area contributed by atoms with E-state index in [1.807, 2.05) is 30.9 Å². The van der Waals surface area contributed by atoms with Crippen LogP contribution in [-0.4, -0.2) is 39.2 Å². The molecule has 0 radical (unpaired) electrons. The van der Waals surface area contributed by atoms with Crippen molar-refractivity contribution in [1.29, 1.82) is 0 Å². The molecule has 1 aromatic carbocycles. The van der Waals surface area contributed by atoms with Crippen molar-refractivity contribution in [3.05, 3.63) is 24.3 Å². The summed E-state index contributed by atoms with van der Waals surface area (Å²) < 4.78 is 10.8. The van der Waals surface area contributed by atoms with E-state index in [0.29, 0.717) is 12.0 Å². The molecule has 1 aliphatic rings. The molecule has 1 aliphatic heterocycles. The summed E-state index contributed by atoms with van der Waals surface area (Å²) in [5.41, 5.74) is 0. The maximum Gasteiger partial charge on any atom is 0.132 e. The van der Waals surface area contributed by atoms with E-state index in [2.05, 4.69) is 17.4 Å². The molecule has 0 amide bonds. The van der Waals surface area contributed by atoms with Crippen molar-refractivity contribution < 1.29 is 9.47 Å². The first-order valence-electron chi connectivity index (χ1n) is 6.36. The van der Waals surface area contributed by atoms with Crippen LogP contribution >= 0.6 is 11.8 Å². The molecular formula is C14H21NO2S. The molecule has 3 nitrogen and oxygen atoms in total. The average molecular weight is 267 g/mol. The molecule has 1 N–H and O–H groups in total. The Hall–Kier alpha value is -0.710. The second kappa shape index (κ2) is 7.02. The number of ether oxygens (including phenoxy) is 2. The minimum Gasteiger partial charge on any atom is -0.496 e. The molecule has 100 valence electrons. The molecule has 1 aromatic rings. The zero-order valence-corrected chi connectivity index (χ0v) is 11.8. The SMILES string of the molecule is CNC(CSc1ccccc1OC)C1CCOC1. The number of nitrogens with one attached hydrogen (secondary N) is 1. The Labute approximate surface area is 113 Å². The molecule has 0 aromatic heterocycles. The molecule has 1 fully saturated rings. The topological polar surface area (TPSA) is 30.5 Å². The summed E-state index contributed by atoms with van der Waals surface area (Å²) >= 11 is 1.85. The molecule has 0 aliphatic carbocycles. The van der Waals surface area contributed by atoms with Gasteiger partial charge in [0.2, 0.25) is 0 Å². The van der Waals surface area contributed by atoms with Gasteiger partial charge in [0.15, 0.2) is 0 Å². The largest absolute Gasteiger partial charge is 0.496 e. The molecule has 4 heteroatoms. The highest BCUT2D eigenvalue weighted by Gasteiger charge is 2.24. The number of para-hydroxylation sites is 1. The molecule has 0 saturated carbocycles. The Morgan fingerprint density at radius 3 is 3.00 bits per heavy atom. The fourth-order valence-electron chi connectivity index (χ4n) is 2.24. The first-order chi connectivity index (χ1) is 8.85. The predicted octanol–water partition coefficient (Wildman–Crippen LogP) is 2.41. The Morgan fingerprint density at radius 2 is 2.33 bits per heavy atom. The molecule has 18 heavy (non-hydrogen) atoms. The van der Waals surface area contributed by atoms with Crippen molar-refractivity contribution in [2.75, 3.05) is 33.1 Å². The van der Waals surface area contributed by atoms with Gasteiger partial charge in [-0.15, -0.1) is 11.8 Å². The lowest BCUT2D eigenvalue weighted by Crippen LogP contribution is -2.36. The van der Waals surface area contributed by atoms with Gasteiger partial charge in [-0.05, 0) is 25.6 Å². The van der Waals surface area contributed by atoms with E-state index < -0.39 is 0 Å². The van der Waals surface area contributed by atoms with Crippen LogP contribution in [0.15, 0.2) is 29.2 Å². The summed E-state index contributed by atoms with van der Waals surface area (Å²) in [6.45, 7) is 1.79. The van der Waals surface area contributed by atoms with Gasteiger partial charge in [-0.2, -0.15) is 0 Å². The third kappa shape index (κ3) is 3.40. The lowest BCUT2D eigenvalue weighted by Gasteiger charge is -2.21. The molecule has 1 saturated heterocycles. The molecular weight excluding hydrogens is 246 g/mol. The van der Waals surface area contributed by atoms with Gasteiger partial charge >= 0.3 is 0 Å². The van der Waals surface area contributed by atoms with Crippen molar-refractivity contribution >= 4 is 11.8 Å². The molecule has 1 heterocycles. The van der Waals surface area contributed by atoms with Gasteiger partial charge < -0.3 is 14.8 Å². The Kier molecular flexibility index (Phi) is 5.35. The number of hydrogen-bond donors (Lipinski definition) is 1. The van der Waals surface area contributed by atoms with Crippen molar-refractivity contribution in [2.24, 2.45) is 5.92 Å². The third-order valence-electron chi connectivity index (χ3n) is 3.39. The third-order valence-corrected chi connectivity index (χ3v) is 4.57. The normalized spacial score (nSPS) is 20.9. The monoisotopic (exact) mass is 267 g/mol. The second-order valence-electron chi connectivity index (χ2n) is 4.48. The summed E-state index contributed by atoms with van der Waals surface area (Å²) in [5, 5.41) is 3.41. The first kappa shape index (κ1) is 13.7. The Bertz CT molecular complexity index is 367. The Morgan fingerprint density at radius 1 is 1.50 bits per heavy atom. The number of benzene rings is 1. The summed E-state index contributed by atoms with van der Waals surface area (Å²) in [7, 11) is 3.76. The fourth-order valence-corrected chi connectivity index (χ4v) is 3.51. The van der Waals surface area contributed by atoms with Gasteiger partial charge in [0.1, 0.15) is 5.75 Å². The molecule has 2 unspecified atom stereocenters. The van der Waals surface area contributed by atoms with Crippen LogP contribution in [0.1, 0.15) is 6.42 Å². The van der Waals surface area contributed by atoms with E-state index in [-0.39, 0.29) is 0 Å². The zero-order chi connectivity index (χ0) is 12.8. The molecule has 0 spiro atoms. The standard InChI is InChI=1S/C14H21NO2S/c1-15-12(11-7-8-17-9-11)10-18-14-6-4-3-5-13(14)16-2/h3-6,11-12,15H,7-10H2,1-2H3. The second-order valence-corrected chi connectivity index (χ2v) is 5.54. The smallest absolute Gasteiger partial charge is 0.132 e. The number of methoxy groups -OCH3 is 1. The number of thioether (sulfide) groups is 1. The summed E-state index contributed by atoms with van der Waals surface area (Å²) in [6.07, 6.45) is 1.16. The molecule has 0 bridgehead atoms. The molecule has 2 atom stereocenters. The summed E-state index contributed by atoms with van der Waals surface area (Å²) in [4.78, 5) is 1.21. The summed E-state index contributed by atoms with van der Waals surface area (Å²) in [5.74, 6) is 2.64. The summed E-state index contributed by atoms with van der Waals surface area (Å²) in [6, 6.07) is 8.68. The van der Waals surface area contributed by atoms with Crippen molar-refractivity contribution in [2.45, 2.75) is 17.4 Å². The van der Waals surface area contributed by atoms with E-state index in [0.717, 1.165) is 31.1 Å². The van der Waals surface area contributed by atoms with Crippen LogP contribution in [0, 0.1) is 5.92 Å². The highest BCUT2D eigenvalue weighted by Crippen LogP contribution is 2.30. The molecule has 2 rings (SSSR count). The van der Waals surface area contributed by atoms with Crippen LogP contribution < -0.4 is 10.1 Å². The van der Waals surface area contributed by atoms with Crippen molar-refractivity contribution in [3.8, 4) is 5.75 Å². The van der Waals surface area contributed by atoms with Crippen LogP contribution in [0.3, 0.4) is 0 Å². The fraction of sp³-hybridized carbons (Fsp3) is 0.571. The van der Waals surface area contributed by atoms with Gasteiger partial charge in [0.25, 0.3) is 0 Å². The van der Waals surface area contributed by atoms with E-state index in [4.69, 9.17) is 9.47 Å². The van der Waals surface area contributed by atoms with Gasteiger partial charge in [0, 0.05) is 29.2 Å². The zero-order valence-electron chi connectivity index (χ0n) is 11.0. The highest BCUT2D eigenvalue weighted by molar-refractivity contribution is 7.99.